The van der Waals surface area contributed by atoms with Gasteiger partial charge in [-0.25, -0.2) is 0 Å². The molecule has 0 aliphatic rings. The van der Waals surface area contributed by atoms with Crippen molar-refractivity contribution in [3.05, 3.63) is 16.9 Å². The lowest BCUT2D eigenvalue weighted by Gasteiger charge is -2.33. The number of nitrogens with one attached hydrogen (secondary N) is 1. The third-order valence-electron chi connectivity index (χ3n) is 2.84. The van der Waals surface area contributed by atoms with Gasteiger partial charge in [-0.2, -0.15) is 0 Å². The van der Waals surface area contributed by atoms with Gasteiger partial charge in [-0.3, -0.25) is 4.98 Å². The van der Waals surface area contributed by atoms with Crippen LogP contribution in [0.4, 0.5) is 11.4 Å². The van der Waals surface area contributed by atoms with Gasteiger partial charge in [0.1, 0.15) is 0 Å². The SMILES string of the molecule is CN(C)C(C)(C)CNc1c(N)cncc1Br. The summed E-state index contributed by atoms with van der Waals surface area (Å²) in [5.74, 6) is 0. The van der Waals surface area contributed by atoms with Crippen LogP contribution in [0.3, 0.4) is 0 Å². The number of nitrogens with two attached hydrogens (primary N) is 1. The van der Waals surface area contributed by atoms with Crippen LogP contribution in [-0.4, -0.2) is 36.1 Å². The Bertz CT molecular complexity index is 343. The first-order valence-corrected chi connectivity index (χ1v) is 5.94. The topological polar surface area (TPSA) is 54.2 Å². The molecule has 16 heavy (non-hydrogen) atoms. The highest BCUT2D eigenvalue weighted by atomic mass is 79.9. The number of rotatable bonds is 4. The van der Waals surface area contributed by atoms with Gasteiger partial charge in [-0.05, 0) is 43.9 Å². The molecule has 0 saturated heterocycles. The van der Waals surface area contributed by atoms with Gasteiger partial charge < -0.3 is 16.0 Å². The minimum absolute atomic E-state index is 0.0646. The molecule has 0 fully saturated rings. The first-order valence-electron chi connectivity index (χ1n) is 5.15. The number of hydrogen-bond acceptors (Lipinski definition) is 4. The smallest absolute Gasteiger partial charge is 0.0750 e. The standard InChI is InChI=1S/C11H19BrN4/c1-11(2,16(3)4)7-15-10-8(12)5-14-6-9(10)13/h5-6H,7,13H2,1-4H3,(H,14,15). The predicted molar refractivity (Wildman–Crippen MR) is 72.6 cm³/mol. The summed E-state index contributed by atoms with van der Waals surface area (Å²) in [6, 6.07) is 0. The quantitative estimate of drug-likeness (QED) is 0.891. The summed E-state index contributed by atoms with van der Waals surface area (Å²) in [6.45, 7) is 5.16. The van der Waals surface area contributed by atoms with Gasteiger partial charge in [0.05, 0.1) is 22.0 Å². The Balaban J connectivity index is 2.75. The number of anilines is 2. The number of aromatic nitrogens is 1. The molecule has 1 heterocycles. The summed E-state index contributed by atoms with van der Waals surface area (Å²) >= 11 is 3.43. The lowest BCUT2D eigenvalue weighted by Crippen LogP contribution is -2.44. The van der Waals surface area contributed by atoms with Crippen molar-refractivity contribution >= 4 is 27.3 Å². The summed E-state index contributed by atoms with van der Waals surface area (Å²) in [6.07, 6.45) is 3.39. The highest BCUT2D eigenvalue weighted by Gasteiger charge is 2.20. The van der Waals surface area contributed by atoms with E-state index < -0.39 is 0 Å². The Morgan fingerprint density at radius 1 is 1.44 bits per heavy atom. The zero-order valence-corrected chi connectivity index (χ0v) is 11.8. The van der Waals surface area contributed by atoms with Crippen LogP contribution in [0, 0.1) is 0 Å². The molecule has 0 atom stereocenters. The molecule has 1 rings (SSSR count). The van der Waals surface area contributed by atoms with Gasteiger partial charge >= 0.3 is 0 Å². The largest absolute Gasteiger partial charge is 0.396 e. The fraction of sp³-hybridized carbons (Fsp3) is 0.545. The lowest BCUT2D eigenvalue weighted by atomic mass is 10.0. The van der Waals surface area contributed by atoms with E-state index >= 15 is 0 Å². The van der Waals surface area contributed by atoms with Crippen molar-refractivity contribution in [2.75, 3.05) is 31.7 Å². The minimum atomic E-state index is 0.0646. The Hall–Kier alpha value is -0.810. The van der Waals surface area contributed by atoms with Crippen LogP contribution in [-0.2, 0) is 0 Å². The van der Waals surface area contributed by atoms with Crippen LogP contribution in [0.5, 0.6) is 0 Å². The molecular formula is C11H19BrN4. The molecule has 3 N–H and O–H groups in total. The fourth-order valence-corrected chi connectivity index (χ4v) is 1.59. The molecule has 5 heteroatoms. The number of likely N-dealkylation sites (N-methyl/N-ethyl adjacent to an activating group) is 1. The molecule has 0 spiro atoms. The molecule has 0 amide bonds. The lowest BCUT2D eigenvalue weighted by molar-refractivity contribution is 0.210. The van der Waals surface area contributed by atoms with Crippen molar-refractivity contribution in [2.24, 2.45) is 0 Å². The second-order valence-corrected chi connectivity index (χ2v) is 5.50. The molecule has 0 aliphatic heterocycles. The molecular weight excluding hydrogens is 268 g/mol. The van der Waals surface area contributed by atoms with E-state index in [1.54, 1.807) is 12.4 Å². The van der Waals surface area contributed by atoms with Crippen LogP contribution < -0.4 is 11.1 Å². The molecule has 0 unspecified atom stereocenters. The molecule has 0 aliphatic carbocycles. The summed E-state index contributed by atoms with van der Waals surface area (Å²) in [5, 5.41) is 3.35. The third kappa shape index (κ3) is 3.09. The van der Waals surface area contributed by atoms with E-state index in [1.807, 2.05) is 0 Å². The Morgan fingerprint density at radius 3 is 2.56 bits per heavy atom. The van der Waals surface area contributed by atoms with Crippen molar-refractivity contribution in [2.45, 2.75) is 19.4 Å². The highest BCUT2D eigenvalue weighted by Crippen LogP contribution is 2.27. The van der Waals surface area contributed by atoms with Crippen molar-refractivity contribution in [3.63, 3.8) is 0 Å². The summed E-state index contributed by atoms with van der Waals surface area (Å²) in [7, 11) is 4.12. The van der Waals surface area contributed by atoms with Crippen molar-refractivity contribution in [1.82, 2.24) is 9.88 Å². The van der Waals surface area contributed by atoms with Crippen LogP contribution >= 0.6 is 15.9 Å². The zero-order chi connectivity index (χ0) is 12.3. The van der Waals surface area contributed by atoms with E-state index in [4.69, 9.17) is 5.73 Å². The first kappa shape index (κ1) is 13.3. The molecule has 0 aromatic carbocycles. The van der Waals surface area contributed by atoms with Crippen molar-refractivity contribution < 1.29 is 0 Å². The van der Waals surface area contributed by atoms with Crippen LogP contribution in [0.1, 0.15) is 13.8 Å². The van der Waals surface area contributed by atoms with Gasteiger partial charge in [0.15, 0.2) is 0 Å². The van der Waals surface area contributed by atoms with Gasteiger partial charge in [-0.15, -0.1) is 0 Å². The monoisotopic (exact) mass is 286 g/mol. The van der Waals surface area contributed by atoms with E-state index in [0.717, 1.165) is 16.7 Å². The molecule has 1 aromatic heterocycles. The summed E-state index contributed by atoms with van der Waals surface area (Å²) in [5.41, 5.74) is 7.49. The van der Waals surface area contributed by atoms with Gasteiger partial charge in [0, 0.05) is 18.3 Å². The second-order valence-electron chi connectivity index (χ2n) is 4.65. The zero-order valence-electron chi connectivity index (χ0n) is 10.2. The van der Waals surface area contributed by atoms with Crippen LogP contribution in [0.2, 0.25) is 0 Å². The summed E-state index contributed by atoms with van der Waals surface area (Å²) in [4.78, 5) is 6.17. The molecule has 90 valence electrons. The van der Waals surface area contributed by atoms with E-state index in [1.165, 1.54) is 0 Å². The highest BCUT2D eigenvalue weighted by molar-refractivity contribution is 9.10. The first-order chi connectivity index (χ1) is 7.34. The fourth-order valence-electron chi connectivity index (χ4n) is 1.10. The van der Waals surface area contributed by atoms with E-state index in [9.17, 15) is 0 Å². The van der Waals surface area contributed by atoms with Crippen LogP contribution in [0.15, 0.2) is 16.9 Å². The normalized spacial score (nSPS) is 11.9. The Labute approximate surface area is 105 Å². The molecule has 4 nitrogen and oxygen atoms in total. The maximum absolute atomic E-state index is 5.86. The Morgan fingerprint density at radius 2 is 2.06 bits per heavy atom. The van der Waals surface area contributed by atoms with Gasteiger partial charge in [-0.1, -0.05) is 0 Å². The van der Waals surface area contributed by atoms with Gasteiger partial charge in [0.25, 0.3) is 0 Å². The second kappa shape index (κ2) is 5.01. The number of pyridine rings is 1. The molecule has 0 saturated carbocycles. The number of nitrogen functional groups attached to an aromatic ring is 1. The predicted octanol–water partition coefficient (Wildman–Crippen LogP) is 2.18. The Kier molecular flexibility index (Phi) is 4.15. The van der Waals surface area contributed by atoms with E-state index in [0.29, 0.717) is 5.69 Å². The number of nitrogens with zero attached hydrogens (tertiary/aromatic N) is 2. The van der Waals surface area contributed by atoms with Crippen LogP contribution in [0.25, 0.3) is 0 Å². The molecule has 0 bridgehead atoms. The average Bonchev–Trinajstić information content (AvgIpc) is 2.16. The summed E-state index contributed by atoms with van der Waals surface area (Å²) < 4.78 is 0.891. The number of hydrogen-bond donors (Lipinski definition) is 2. The van der Waals surface area contributed by atoms with Gasteiger partial charge in [0.2, 0.25) is 0 Å². The maximum atomic E-state index is 5.86. The molecule has 1 aromatic rings. The van der Waals surface area contributed by atoms with E-state index in [-0.39, 0.29) is 5.54 Å². The third-order valence-corrected chi connectivity index (χ3v) is 3.44. The maximum Gasteiger partial charge on any atom is 0.0750 e. The van der Waals surface area contributed by atoms with E-state index in [2.05, 4.69) is 59.1 Å². The van der Waals surface area contributed by atoms with Crippen molar-refractivity contribution in [1.29, 1.82) is 0 Å². The average molecular weight is 287 g/mol. The van der Waals surface area contributed by atoms with Crippen molar-refractivity contribution in [3.8, 4) is 0 Å². The number of halogens is 1. The molecule has 0 radical (unpaired) electrons. The minimum Gasteiger partial charge on any atom is -0.396 e.